The van der Waals surface area contributed by atoms with Crippen LogP contribution < -0.4 is 0 Å². The number of aromatic nitrogens is 6. The van der Waals surface area contributed by atoms with Gasteiger partial charge < -0.3 is 0 Å². The summed E-state index contributed by atoms with van der Waals surface area (Å²) in [6.07, 6.45) is 10.5. The predicted octanol–water partition coefficient (Wildman–Crippen LogP) is 2.31. The van der Waals surface area contributed by atoms with Gasteiger partial charge in [-0.15, -0.1) is 0 Å². The molecule has 6 nitrogen and oxygen atoms in total. The van der Waals surface area contributed by atoms with Crippen molar-refractivity contribution in [2.24, 2.45) is 0 Å². The highest BCUT2D eigenvalue weighted by Crippen LogP contribution is 2.24. The van der Waals surface area contributed by atoms with Gasteiger partial charge in [0.05, 0.1) is 17.9 Å². The van der Waals surface area contributed by atoms with Gasteiger partial charge in [-0.3, -0.25) is 4.40 Å². The van der Waals surface area contributed by atoms with Crippen molar-refractivity contribution >= 4 is 11.3 Å². The fourth-order valence-electron chi connectivity index (χ4n) is 2.55. The molecule has 0 saturated heterocycles. The zero-order chi connectivity index (χ0) is 14.4. The summed E-state index contributed by atoms with van der Waals surface area (Å²) in [5, 5.41) is 4.37. The highest BCUT2D eigenvalue weighted by Gasteiger charge is 2.10. The molecule has 4 aromatic rings. The van der Waals surface area contributed by atoms with Crippen LogP contribution >= 0.6 is 0 Å². The molecule has 0 amide bonds. The van der Waals surface area contributed by atoms with E-state index in [2.05, 4.69) is 33.2 Å². The van der Waals surface area contributed by atoms with Crippen molar-refractivity contribution in [1.29, 1.82) is 0 Å². The Balaban J connectivity index is 1.95. The lowest BCUT2D eigenvalue weighted by Crippen LogP contribution is -1.97. The SMILES string of the molecule is CCc1cnc2ncc(-c3ccn4nc(C)ncc34)cn12. The van der Waals surface area contributed by atoms with Gasteiger partial charge in [0.15, 0.2) is 0 Å². The minimum atomic E-state index is 0.728. The molecule has 4 rings (SSSR count). The largest absolute Gasteiger partial charge is 0.288 e. The van der Waals surface area contributed by atoms with Gasteiger partial charge in [0.25, 0.3) is 0 Å². The van der Waals surface area contributed by atoms with Gasteiger partial charge in [-0.25, -0.2) is 19.5 Å². The van der Waals surface area contributed by atoms with Gasteiger partial charge in [0, 0.05) is 35.4 Å². The lowest BCUT2D eigenvalue weighted by atomic mass is 10.1. The minimum Gasteiger partial charge on any atom is -0.288 e. The van der Waals surface area contributed by atoms with Crippen LogP contribution in [-0.2, 0) is 6.42 Å². The topological polar surface area (TPSA) is 60.4 Å². The van der Waals surface area contributed by atoms with Crippen LogP contribution in [0.4, 0.5) is 0 Å². The Morgan fingerprint density at radius 1 is 1.10 bits per heavy atom. The van der Waals surface area contributed by atoms with Gasteiger partial charge in [-0.2, -0.15) is 5.10 Å². The third-order valence-electron chi connectivity index (χ3n) is 3.65. The van der Waals surface area contributed by atoms with Gasteiger partial charge in [0.1, 0.15) is 5.82 Å². The van der Waals surface area contributed by atoms with Crippen molar-refractivity contribution in [3.63, 3.8) is 0 Å². The first-order chi connectivity index (χ1) is 10.3. The number of rotatable bonds is 2. The Labute approximate surface area is 121 Å². The second-order valence-electron chi connectivity index (χ2n) is 4.98. The molecule has 0 aliphatic rings. The molecule has 0 unspecified atom stereocenters. The molecule has 0 fully saturated rings. The van der Waals surface area contributed by atoms with Gasteiger partial charge in [-0.1, -0.05) is 6.92 Å². The second kappa shape index (κ2) is 4.37. The van der Waals surface area contributed by atoms with Crippen LogP contribution in [0, 0.1) is 6.92 Å². The molecular weight excluding hydrogens is 264 g/mol. The average Bonchev–Trinajstić information content (AvgIpc) is 3.09. The van der Waals surface area contributed by atoms with Gasteiger partial charge >= 0.3 is 0 Å². The fraction of sp³-hybridized carbons (Fsp3) is 0.200. The molecule has 4 heterocycles. The van der Waals surface area contributed by atoms with Crippen LogP contribution in [0.2, 0.25) is 0 Å². The monoisotopic (exact) mass is 278 g/mol. The van der Waals surface area contributed by atoms with E-state index in [-0.39, 0.29) is 0 Å². The average molecular weight is 278 g/mol. The molecule has 21 heavy (non-hydrogen) atoms. The van der Waals surface area contributed by atoms with E-state index in [0.717, 1.165) is 40.4 Å². The molecular formula is C15H14N6. The molecule has 0 aliphatic heterocycles. The Hall–Kier alpha value is -2.76. The second-order valence-corrected chi connectivity index (χ2v) is 4.98. The Morgan fingerprint density at radius 3 is 2.81 bits per heavy atom. The first-order valence-corrected chi connectivity index (χ1v) is 6.89. The lowest BCUT2D eigenvalue weighted by Gasteiger charge is -2.03. The third-order valence-corrected chi connectivity index (χ3v) is 3.65. The van der Waals surface area contributed by atoms with E-state index in [9.17, 15) is 0 Å². The maximum Gasteiger partial charge on any atom is 0.233 e. The summed E-state index contributed by atoms with van der Waals surface area (Å²) in [7, 11) is 0. The molecule has 0 bridgehead atoms. The van der Waals surface area contributed by atoms with Crippen LogP contribution in [-0.4, -0.2) is 29.0 Å². The summed E-state index contributed by atoms with van der Waals surface area (Å²) in [6, 6.07) is 2.04. The maximum absolute atomic E-state index is 4.43. The zero-order valence-corrected chi connectivity index (χ0v) is 11.9. The number of nitrogens with zero attached hydrogens (tertiary/aromatic N) is 6. The van der Waals surface area contributed by atoms with E-state index in [0.29, 0.717) is 0 Å². The van der Waals surface area contributed by atoms with Crippen molar-refractivity contribution in [1.82, 2.24) is 29.0 Å². The summed E-state index contributed by atoms with van der Waals surface area (Å²) >= 11 is 0. The van der Waals surface area contributed by atoms with Crippen molar-refractivity contribution in [3.05, 3.63) is 48.6 Å². The number of hydrogen-bond acceptors (Lipinski definition) is 4. The molecule has 4 aromatic heterocycles. The number of fused-ring (bicyclic) bond motifs is 2. The van der Waals surface area contributed by atoms with Gasteiger partial charge in [0.2, 0.25) is 5.78 Å². The minimum absolute atomic E-state index is 0.728. The number of hydrogen-bond donors (Lipinski definition) is 0. The van der Waals surface area contributed by atoms with Crippen molar-refractivity contribution < 1.29 is 0 Å². The zero-order valence-electron chi connectivity index (χ0n) is 11.9. The molecule has 0 radical (unpaired) electrons. The van der Waals surface area contributed by atoms with E-state index in [1.807, 2.05) is 46.7 Å². The fourth-order valence-corrected chi connectivity index (χ4v) is 2.55. The van der Waals surface area contributed by atoms with Crippen LogP contribution in [0.1, 0.15) is 18.4 Å². The summed E-state index contributed by atoms with van der Waals surface area (Å²) in [6.45, 7) is 3.99. The lowest BCUT2D eigenvalue weighted by molar-refractivity contribution is 0.857. The Bertz CT molecular complexity index is 949. The molecule has 6 heteroatoms. The summed E-state index contributed by atoms with van der Waals surface area (Å²) in [4.78, 5) is 13.0. The summed E-state index contributed by atoms with van der Waals surface area (Å²) < 4.78 is 3.88. The predicted molar refractivity (Wildman–Crippen MR) is 79.1 cm³/mol. The smallest absolute Gasteiger partial charge is 0.233 e. The number of aryl methyl sites for hydroxylation is 2. The van der Waals surface area contributed by atoms with E-state index in [1.165, 1.54) is 0 Å². The highest BCUT2D eigenvalue weighted by molar-refractivity contribution is 5.79. The van der Waals surface area contributed by atoms with Crippen LogP contribution in [0.25, 0.3) is 22.4 Å². The Morgan fingerprint density at radius 2 is 1.95 bits per heavy atom. The van der Waals surface area contributed by atoms with E-state index in [4.69, 9.17) is 0 Å². The summed E-state index contributed by atoms with van der Waals surface area (Å²) in [5.41, 5.74) is 4.22. The van der Waals surface area contributed by atoms with E-state index in [1.54, 1.807) is 0 Å². The van der Waals surface area contributed by atoms with Crippen molar-refractivity contribution in [2.45, 2.75) is 20.3 Å². The van der Waals surface area contributed by atoms with Crippen molar-refractivity contribution in [2.75, 3.05) is 0 Å². The summed E-state index contributed by atoms with van der Waals surface area (Å²) in [5.74, 6) is 1.48. The normalized spacial score (nSPS) is 11.5. The third kappa shape index (κ3) is 1.79. The van der Waals surface area contributed by atoms with Gasteiger partial charge in [-0.05, 0) is 19.4 Å². The molecule has 0 spiro atoms. The van der Waals surface area contributed by atoms with Crippen molar-refractivity contribution in [3.8, 4) is 11.1 Å². The molecule has 0 saturated carbocycles. The standard InChI is InChI=1S/C15H14N6/c1-3-12-7-18-15-17-6-11(9-20(12)15)13-4-5-21-14(13)8-16-10(2)19-21/h4-9H,3H2,1-2H3. The van der Waals surface area contributed by atoms with E-state index >= 15 is 0 Å². The quantitative estimate of drug-likeness (QED) is 0.564. The van der Waals surface area contributed by atoms with Crippen LogP contribution in [0.5, 0.6) is 0 Å². The molecule has 104 valence electrons. The Kier molecular flexibility index (Phi) is 2.50. The first kappa shape index (κ1) is 12.0. The van der Waals surface area contributed by atoms with Crippen LogP contribution in [0.15, 0.2) is 37.1 Å². The maximum atomic E-state index is 4.43. The molecule has 0 N–H and O–H groups in total. The molecule has 0 aliphatic carbocycles. The first-order valence-electron chi connectivity index (χ1n) is 6.89. The van der Waals surface area contributed by atoms with Crippen LogP contribution in [0.3, 0.4) is 0 Å². The van der Waals surface area contributed by atoms with E-state index < -0.39 is 0 Å². The molecule has 0 aromatic carbocycles. The highest BCUT2D eigenvalue weighted by atomic mass is 15.2. The molecule has 0 atom stereocenters. The number of imidazole rings is 1.